The van der Waals surface area contributed by atoms with Crippen molar-refractivity contribution in [3.05, 3.63) is 52.8 Å². The lowest BCUT2D eigenvalue weighted by atomic mass is 9.69. The van der Waals surface area contributed by atoms with Crippen molar-refractivity contribution in [2.24, 2.45) is 0 Å². The smallest absolute Gasteiger partial charge is 0.322 e. The first-order valence-electron chi connectivity index (χ1n) is 9.77. The molecule has 29 heavy (non-hydrogen) atoms. The Hall–Kier alpha value is -2.25. The molecule has 6 nitrogen and oxygen atoms in total. The van der Waals surface area contributed by atoms with Crippen LogP contribution in [0.2, 0.25) is 5.15 Å². The maximum atomic E-state index is 13.9. The fourth-order valence-corrected chi connectivity index (χ4v) is 4.99. The number of hydrogen-bond acceptors (Lipinski definition) is 4. The molecule has 1 aromatic carbocycles. The van der Waals surface area contributed by atoms with E-state index in [-0.39, 0.29) is 28.1 Å². The summed E-state index contributed by atoms with van der Waals surface area (Å²) in [6.07, 6.45) is 4.80. The molecule has 8 heteroatoms. The number of nitrogens with one attached hydrogen (secondary N) is 1. The molecule has 4 rings (SSSR count). The van der Waals surface area contributed by atoms with Gasteiger partial charge in [-0.25, -0.2) is 19.2 Å². The van der Waals surface area contributed by atoms with E-state index in [4.69, 9.17) is 11.6 Å². The molecule has 1 N–H and O–H groups in total. The van der Waals surface area contributed by atoms with E-state index in [1.54, 1.807) is 30.2 Å². The van der Waals surface area contributed by atoms with Crippen molar-refractivity contribution in [2.75, 3.05) is 25.5 Å². The number of carbonyl (C=O) groups excluding carboxylic acids is 1. The molecule has 154 valence electrons. The van der Waals surface area contributed by atoms with Gasteiger partial charge in [0.2, 0.25) is 0 Å². The Kier molecular flexibility index (Phi) is 4.99. The van der Waals surface area contributed by atoms with Gasteiger partial charge in [0, 0.05) is 5.54 Å². The first-order valence-corrected chi connectivity index (χ1v) is 10.1. The van der Waals surface area contributed by atoms with Crippen LogP contribution in [-0.4, -0.2) is 47.1 Å². The highest BCUT2D eigenvalue weighted by Crippen LogP contribution is 2.46. The molecule has 0 atom stereocenters. The van der Waals surface area contributed by atoms with Crippen LogP contribution in [0.5, 0.6) is 0 Å². The van der Waals surface area contributed by atoms with Gasteiger partial charge in [-0.15, -0.1) is 0 Å². The topological polar surface area (TPSA) is 61.4 Å². The second-order valence-corrected chi connectivity index (χ2v) is 8.68. The summed E-state index contributed by atoms with van der Waals surface area (Å²) in [7, 11) is 4.07. The van der Waals surface area contributed by atoms with Gasteiger partial charge < -0.3 is 5.32 Å². The summed E-state index contributed by atoms with van der Waals surface area (Å²) >= 11 is 6.27. The van der Waals surface area contributed by atoms with Crippen LogP contribution >= 0.6 is 11.6 Å². The molecule has 1 saturated heterocycles. The summed E-state index contributed by atoms with van der Waals surface area (Å²) < 4.78 is 13.9. The Labute approximate surface area is 175 Å². The van der Waals surface area contributed by atoms with Gasteiger partial charge in [-0.3, -0.25) is 9.80 Å². The van der Waals surface area contributed by atoms with Crippen LogP contribution in [-0.2, 0) is 5.54 Å². The molecule has 1 aliphatic heterocycles. The first-order chi connectivity index (χ1) is 13.7. The lowest BCUT2D eigenvalue weighted by Crippen LogP contribution is -2.54. The SMILES string of the molecule is Cc1ncc(N2C[C@]3(CC[C@](c4cccc(F)c4)(N(C)C)CC3)NC2=O)c(Cl)n1. The maximum absolute atomic E-state index is 13.9. The largest absolute Gasteiger partial charge is 0.330 e. The van der Waals surface area contributed by atoms with Gasteiger partial charge in [-0.05, 0) is 64.4 Å². The number of urea groups is 1. The highest BCUT2D eigenvalue weighted by atomic mass is 35.5. The molecule has 2 amide bonds. The molecule has 2 aliphatic rings. The fraction of sp³-hybridized carbons (Fsp3) is 0.476. The molecule has 1 saturated carbocycles. The van der Waals surface area contributed by atoms with E-state index < -0.39 is 0 Å². The van der Waals surface area contributed by atoms with E-state index in [0.717, 1.165) is 31.2 Å². The number of carbonyl (C=O) groups is 1. The van der Waals surface area contributed by atoms with Crippen LogP contribution in [0.25, 0.3) is 0 Å². The summed E-state index contributed by atoms with van der Waals surface area (Å²) in [5.41, 5.74) is 0.920. The lowest BCUT2D eigenvalue weighted by Gasteiger charge is -2.48. The van der Waals surface area contributed by atoms with Crippen LogP contribution in [0, 0.1) is 12.7 Å². The minimum absolute atomic E-state index is 0.178. The van der Waals surface area contributed by atoms with Gasteiger partial charge in [0.1, 0.15) is 17.3 Å². The predicted molar refractivity (Wildman–Crippen MR) is 111 cm³/mol. The predicted octanol–water partition coefficient (Wildman–Crippen LogP) is 3.88. The van der Waals surface area contributed by atoms with Crippen LogP contribution < -0.4 is 10.2 Å². The molecule has 2 fully saturated rings. The number of amides is 2. The van der Waals surface area contributed by atoms with E-state index in [9.17, 15) is 9.18 Å². The second-order valence-electron chi connectivity index (χ2n) is 8.33. The summed E-state index contributed by atoms with van der Waals surface area (Å²) in [4.78, 5) is 24.9. The van der Waals surface area contributed by atoms with Crippen molar-refractivity contribution in [3.63, 3.8) is 0 Å². The molecule has 0 bridgehead atoms. The molecule has 0 radical (unpaired) electrons. The number of aromatic nitrogens is 2. The Balaban J connectivity index is 1.57. The number of anilines is 1. The highest BCUT2D eigenvalue weighted by molar-refractivity contribution is 6.32. The molecule has 2 heterocycles. The van der Waals surface area contributed by atoms with Crippen molar-refractivity contribution < 1.29 is 9.18 Å². The van der Waals surface area contributed by atoms with Crippen molar-refractivity contribution in [1.29, 1.82) is 0 Å². The second kappa shape index (κ2) is 7.22. The molecular weight excluding hydrogens is 393 g/mol. The van der Waals surface area contributed by atoms with Gasteiger partial charge in [0.25, 0.3) is 0 Å². The number of aryl methyl sites for hydroxylation is 1. The quantitative estimate of drug-likeness (QED) is 0.770. The number of benzene rings is 1. The molecule has 2 aromatic rings. The van der Waals surface area contributed by atoms with E-state index in [1.807, 2.05) is 20.2 Å². The van der Waals surface area contributed by atoms with Gasteiger partial charge >= 0.3 is 6.03 Å². The summed E-state index contributed by atoms with van der Waals surface area (Å²) in [5.74, 6) is 0.343. The Bertz CT molecular complexity index is 942. The van der Waals surface area contributed by atoms with E-state index in [2.05, 4.69) is 20.2 Å². The minimum atomic E-state index is -0.335. The summed E-state index contributed by atoms with van der Waals surface area (Å²) in [6.45, 7) is 2.28. The zero-order valence-electron chi connectivity index (χ0n) is 16.9. The fourth-order valence-electron chi connectivity index (χ4n) is 4.72. The van der Waals surface area contributed by atoms with E-state index >= 15 is 0 Å². The molecule has 0 unspecified atom stereocenters. The normalized spacial score (nSPS) is 27.0. The molecular formula is C21H25ClFN5O. The third-order valence-corrected chi connectivity index (χ3v) is 6.74. The van der Waals surface area contributed by atoms with Crippen LogP contribution in [0.15, 0.2) is 30.5 Å². The Morgan fingerprint density at radius 1 is 1.24 bits per heavy atom. The Morgan fingerprint density at radius 2 is 1.97 bits per heavy atom. The minimum Gasteiger partial charge on any atom is -0.330 e. The third kappa shape index (κ3) is 3.46. The maximum Gasteiger partial charge on any atom is 0.322 e. The number of halogens is 2. The van der Waals surface area contributed by atoms with Gasteiger partial charge in [0.05, 0.1) is 18.3 Å². The monoisotopic (exact) mass is 417 g/mol. The van der Waals surface area contributed by atoms with Crippen LogP contribution in [0.3, 0.4) is 0 Å². The van der Waals surface area contributed by atoms with E-state index in [1.165, 1.54) is 6.07 Å². The molecule has 1 aliphatic carbocycles. The summed E-state index contributed by atoms with van der Waals surface area (Å²) in [5, 5.41) is 3.46. The standard InChI is InChI=1S/C21H25ClFN5O/c1-14-24-12-17(18(22)25-14)28-13-20(26-19(28)29)7-9-21(10-8-20,27(2)3)15-5-4-6-16(23)11-15/h4-6,11-12H,7-10,13H2,1-3H3,(H,26,29)/t20-,21+. The lowest BCUT2D eigenvalue weighted by molar-refractivity contribution is 0.0655. The van der Waals surface area contributed by atoms with Crippen LogP contribution in [0.1, 0.15) is 37.1 Å². The third-order valence-electron chi connectivity index (χ3n) is 6.47. The van der Waals surface area contributed by atoms with Gasteiger partial charge in [-0.2, -0.15) is 0 Å². The van der Waals surface area contributed by atoms with E-state index in [0.29, 0.717) is 18.1 Å². The average Bonchev–Trinajstić information content (AvgIpc) is 2.98. The number of hydrogen-bond donors (Lipinski definition) is 1. The highest BCUT2D eigenvalue weighted by Gasteiger charge is 2.50. The van der Waals surface area contributed by atoms with Crippen molar-refractivity contribution in [3.8, 4) is 0 Å². The zero-order valence-corrected chi connectivity index (χ0v) is 17.6. The number of nitrogens with zero attached hydrogens (tertiary/aromatic N) is 4. The first kappa shape index (κ1) is 20.0. The zero-order chi connectivity index (χ0) is 20.8. The summed E-state index contributed by atoms with van der Waals surface area (Å²) in [6, 6.07) is 6.67. The average molecular weight is 418 g/mol. The van der Waals surface area contributed by atoms with Crippen LogP contribution in [0.4, 0.5) is 14.9 Å². The van der Waals surface area contributed by atoms with Crippen molar-refractivity contribution in [1.82, 2.24) is 20.2 Å². The van der Waals surface area contributed by atoms with Crippen molar-refractivity contribution in [2.45, 2.75) is 43.7 Å². The molecule has 1 aromatic heterocycles. The molecule has 1 spiro atoms. The van der Waals surface area contributed by atoms with Crippen molar-refractivity contribution >= 4 is 23.3 Å². The number of rotatable bonds is 3. The van der Waals surface area contributed by atoms with Gasteiger partial charge in [-0.1, -0.05) is 23.7 Å². The Morgan fingerprint density at radius 3 is 2.59 bits per heavy atom. The van der Waals surface area contributed by atoms with Gasteiger partial charge in [0.15, 0.2) is 5.15 Å².